The maximum Gasteiger partial charge on any atom is 0.324 e. The number of nitrogens with zero attached hydrogens (tertiary/aromatic N) is 5. The van der Waals surface area contributed by atoms with Crippen LogP contribution in [-0.4, -0.2) is 47.2 Å². The highest BCUT2D eigenvalue weighted by molar-refractivity contribution is 6.15. The summed E-state index contributed by atoms with van der Waals surface area (Å²) in [4.78, 5) is 33.6. The Labute approximate surface area is 180 Å². The number of amidine groups is 1. The number of benzene rings is 2. The van der Waals surface area contributed by atoms with Gasteiger partial charge in [-0.05, 0) is 30.2 Å². The third-order valence-corrected chi connectivity index (χ3v) is 5.75. The molecular formula is C23H23N7O. The highest BCUT2D eigenvalue weighted by atomic mass is 16.2. The van der Waals surface area contributed by atoms with Crippen LogP contribution in [-0.2, 0) is 12.1 Å². The Morgan fingerprint density at radius 3 is 2.52 bits per heavy atom. The molecule has 1 saturated heterocycles. The van der Waals surface area contributed by atoms with E-state index in [2.05, 4.69) is 25.3 Å². The van der Waals surface area contributed by atoms with Crippen molar-refractivity contribution in [3.05, 3.63) is 77.2 Å². The summed E-state index contributed by atoms with van der Waals surface area (Å²) in [6.45, 7) is 2.44. The van der Waals surface area contributed by atoms with Gasteiger partial charge in [-0.3, -0.25) is 4.90 Å². The molecule has 1 aromatic heterocycles. The first-order chi connectivity index (χ1) is 15.0. The van der Waals surface area contributed by atoms with E-state index in [1.807, 2.05) is 74.4 Å². The predicted octanol–water partition coefficient (Wildman–Crippen LogP) is 3.33. The van der Waals surface area contributed by atoms with Crippen LogP contribution in [0.15, 0.2) is 64.8 Å². The molecule has 31 heavy (non-hydrogen) atoms. The van der Waals surface area contributed by atoms with E-state index in [9.17, 15) is 4.79 Å². The third-order valence-electron chi connectivity index (χ3n) is 5.75. The van der Waals surface area contributed by atoms with Crippen LogP contribution in [0, 0.1) is 6.92 Å². The number of carbonyl (C=O) groups is 1. The predicted molar refractivity (Wildman–Crippen MR) is 121 cm³/mol. The number of aromatic nitrogens is 2. The van der Waals surface area contributed by atoms with E-state index in [1.54, 1.807) is 11.2 Å². The van der Waals surface area contributed by atoms with Gasteiger partial charge in [0.25, 0.3) is 0 Å². The molecule has 0 aliphatic carbocycles. The van der Waals surface area contributed by atoms with E-state index in [0.29, 0.717) is 23.9 Å². The zero-order valence-corrected chi connectivity index (χ0v) is 17.6. The smallest absolute Gasteiger partial charge is 0.324 e. The molecule has 156 valence electrons. The molecule has 0 saturated carbocycles. The van der Waals surface area contributed by atoms with Crippen LogP contribution >= 0.6 is 0 Å². The number of imidazole rings is 1. The molecule has 5 rings (SSSR count). The molecule has 1 fully saturated rings. The van der Waals surface area contributed by atoms with Gasteiger partial charge in [0.1, 0.15) is 12.0 Å². The van der Waals surface area contributed by atoms with Crippen LogP contribution in [0.2, 0.25) is 0 Å². The monoisotopic (exact) mass is 413 g/mol. The van der Waals surface area contributed by atoms with Crippen LogP contribution in [0.25, 0.3) is 0 Å². The molecule has 2 aliphatic rings. The SMILES string of the molecule is Cc1ccc(CN2C(=O)NC3(c4ccc(N(C)C)cc4)C2=NC=Nc2[nH]cnc23)cc1. The molecule has 2 aliphatic heterocycles. The second kappa shape index (κ2) is 7.09. The molecule has 1 atom stereocenters. The van der Waals surface area contributed by atoms with E-state index in [-0.39, 0.29) is 6.03 Å². The van der Waals surface area contributed by atoms with E-state index >= 15 is 0 Å². The lowest BCUT2D eigenvalue weighted by Gasteiger charge is -2.29. The number of aliphatic imine (C=N–C) groups is 2. The number of hydrogen-bond acceptors (Lipinski definition) is 5. The lowest BCUT2D eigenvalue weighted by atomic mass is 9.85. The topological polar surface area (TPSA) is 89.0 Å². The van der Waals surface area contributed by atoms with Crippen LogP contribution in [0.3, 0.4) is 0 Å². The largest absolute Gasteiger partial charge is 0.378 e. The first kappa shape index (κ1) is 19.0. The Hall–Kier alpha value is -3.94. The fourth-order valence-electron chi connectivity index (χ4n) is 4.09. The highest BCUT2D eigenvalue weighted by Crippen LogP contribution is 2.41. The van der Waals surface area contributed by atoms with Gasteiger partial charge in [-0.2, -0.15) is 0 Å². The normalized spacial score (nSPS) is 19.4. The minimum atomic E-state index is -1.03. The van der Waals surface area contributed by atoms with Crippen molar-refractivity contribution in [3.63, 3.8) is 0 Å². The van der Waals surface area contributed by atoms with Gasteiger partial charge in [0.05, 0.1) is 12.9 Å². The summed E-state index contributed by atoms with van der Waals surface area (Å²) in [6.07, 6.45) is 3.07. The van der Waals surface area contributed by atoms with Crippen molar-refractivity contribution in [2.75, 3.05) is 19.0 Å². The molecule has 8 heteroatoms. The summed E-state index contributed by atoms with van der Waals surface area (Å²) < 4.78 is 0. The minimum absolute atomic E-state index is 0.222. The molecule has 8 nitrogen and oxygen atoms in total. The minimum Gasteiger partial charge on any atom is -0.378 e. The number of fused-ring (bicyclic) bond motifs is 3. The molecule has 2 amide bonds. The van der Waals surface area contributed by atoms with Crippen molar-refractivity contribution in [3.8, 4) is 0 Å². The van der Waals surface area contributed by atoms with E-state index in [0.717, 1.165) is 16.8 Å². The van der Waals surface area contributed by atoms with Gasteiger partial charge in [0.2, 0.25) is 0 Å². The lowest BCUT2D eigenvalue weighted by Crippen LogP contribution is -2.45. The standard InChI is InChI=1S/C23H23N7O/c1-15-4-6-16(7-5-15)12-30-21-23(28-22(30)31,17-8-10-18(11-9-17)29(2)3)19-20(25-13-24-19)26-14-27-21/h4-11,13-14H,12H2,1-3H3,(H,24,25)(H,28,31). The average molecular weight is 413 g/mol. The Morgan fingerprint density at radius 2 is 1.81 bits per heavy atom. The lowest BCUT2D eigenvalue weighted by molar-refractivity contribution is 0.225. The molecule has 2 N–H and O–H groups in total. The van der Waals surface area contributed by atoms with Gasteiger partial charge < -0.3 is 15.2 Å². The number of rotatable bonds is 4. The second-order valence-electron chi connectivity index (χ2n) is 7.99. The van der Waals surface area contributed by atoms with Crippen molar-refractivity contribution in [1.29, 1.82) is 0 Å². The highest BCUT2D eigenvalue weighted by Gasteiger charge is 2.54. The van der Waals surface area contributed by atoms with E-state index in [4.69, 9.17) is 0 Å². The second-order valence-corrected chi connectivity index (χ2v) is 7.99. The van der Waals surface area contributed by atoms with Crippen molar-refractivity contribution in [2.24, 2.45) is 9.98 Å². The number of hydrogen-bond donors (Lipinski definition) is 2. The molecule has 0 spiro atoms. The van der Waals surface area contributed by atoms with Crippen LogP contribution < -0.4 is 10.2 Å². The van der Waals surface area contributed by atoms with E-state index < -0.39 is 5.54 Å². The Balaban J connectivity index is 1.64. The van der Waals surface area contributed by atoms with Gasteiger partial charge >= 0.3 is 6.03 Å². The number of amides is 2. The number of nitrogens with one attached hydrogen (secondary N) is 2. The summed E-state index contributed by atoms with van der Waals surface area (Å²) in [7, 11) is 3.98. The van der Waals surface area contributed by atoms with Crippen LogP contribution in [0.4, 0.5) is 16.3 Å². The Morgan fingerprint density at radius 1 is 1.06 bits per heavy atom. The number of aryl methyl sites for hydroxylation is 1. The van der Waals surface area contributed by atoms with Gasteiger partial charge in [-0.25, -0.2) is 19.8 Å². The average Bonchev–Trinajstić information content (AvgIpc) is 3.30. The third kappa shape index (κ3) is 2.99. The van der Waals surface area contributed by atoms with Crippen LogP contribution in [0.5, 0.6) is 0 Å². The summed E-state index contributed by atoms with van der Waals surface area (Å²) >= 11 is 0. The Bertz CT molecular complexity index is 1190. The van der Waals surface area contributed by atoms with Crippen molar-refractivity contribution in [1.82, 2.24) is 20.2 Å². The first-order valence-electron chi connectivity index (χ1n) is 10.1. The summed E-state index contributed by atoms with van der Waals surface area (Å²) in [6, 6.07) is 16.0. The van der Waals surface area contributed by atoms with Gasteiger partial charge in [-0.15, -0.1) is 0 Å². The zero-order valence-electron chi connectivity index (χ0n) is 17.6. The number of H-pyrrole nitrogens is 1. The molecule has 0 bridgehead atoms. The molecule has 3 heterocycles. The summed E-state index contributed by atoms with van der Waals surface area (Å²) in [5, 5.41) is 3.18. The maximum atomic E-state index is 13.3. The van der Waals surface area contributed by atoms with Crippen LogP contribution in [0.1, 0.15) is 22.4 Å². The molecule has 1 unspecified atom stereocenters. The number of carbonyl (C=O) groups excluding carboxylic acids is 1. The maximum absolute atomic E-state index is 13.3. The fourth-order valence-corrected chi connectivity index (χ4v) is 4.09. The van der Waals surface area contributed by atoms with Crippen molar-refractivity contribution < 1.29 is 4.79 Å². The molecule has 2 aromatic carbocycles. The van der Waals surface area contributed by atoms with Gasteiger partial charge in [0, 0.05) is 19.8 Å². The Kier molecular flexibility index (Phi) is 4.35. The zero-order chi connectivity index (χ0) is 21.6. The van der Waals surface area contributed by atoms with Crippen molar-refractivity contribution >= 4 is 29.7 Å². The number of anilines is 1. The molecular weight excluding hydrogens is 390 g/mol. The van der Waals surface area contributed by atoms with Gasteiger partial charge in [-0.1, -0.05) is 42.0 Å². The van der Waals surface area contributed by atoms with E-state index in [1.165, 1.54) is 11.9 Å². The molecule has 0 radical (unpaired) electrons. The first-order valence-corrected chi connectivity index (χ1v) is 10.1. The number of aromatic amines is 1. The van der Waals surface area contributed by atoms with Gasteiger partial charge in [0.15, 0.2) is 17.2 Å². The fraction of sp³-hybridized carbons (Fsp3) is 0.217. The summed E-state index contributed by atoms with van der Waals surface area (Å²) in [5.74, 6) is 1.14. The molecule has 3 aromatic rings. The number of urea groups is 1. The quantitative estimate of drug-likeness (QED) is 0.688. The van der Waals surface area contributed by atoms with Crippen molar-refractivity contribution in [2.45, 2.75) is 19.0 Å². The summed E-state index contributed by atoms with van der Waals surface area (Å²) in [5.41, 5.74) is 3.72.